The summed E-state index contributed by atoms with van der Waals surface area (Å²) in [7, 11) is 0. The highest BCUT2D eigenvalue weighted by Gasteiger charge is 2.45. The first-order valence-electron chi connectivity index (χ1n) is 9.64. The number of carbonyl (C=O) groups excluding carboxylic acids is 1. The van der Waals surface area contributed by atoms with Crippen LogP contribution in [0.15, 0.2) is 24.3 Å². The zero-order chi connectivity index (χ0) is 17.3. The van der Waals surface area contributed by atoms with Crippen molar-refractivity contribution in [2.75, 3.05) is 39.3 Å². The van der Waals surface area contributed by atoms with Gasteiger partial charge in [0.05, 0.1) is 0 Å². The van der Waals surface area contributed by atoms with Crippen LogP contribution in [0.4, 0.5) is 0 Å². The Balaban J connectivity index is 1.31. The van der Waals surface area contributed by atoms with E-state index < -0.39 is 0 Å². The van der Waals surface area contributed by atoms with Crippen LogP contribution in [0.2, 0.25) is 0 Å². The van der Waals surface area contributed by atoms with Crippen molar-refractivity contribution in [3.05, 3.63) is 29.8 Å². The number of rotatable bonds is 4. The molecule has 0 radical (unpaired) electrons. The number of ether oxygens (including phenoxy) is 1. The predicted molar refractivity (Wildman–Crippen MR) is 97.7 cm³/mol. The third kappa shape index (κ3) is 3.53. The molecule has 5 heteroatoms. The summed E-state index contributed by atoms with van der Waals surface area (Å²) in [5.74, 6) is 1.27. The molecule has 1 aromatic rings. The summed E-state index contributed by atoms with van der Waals surface area (Å²) in [6.07, 6.45) is 4.75. The number of para-hydroxylation sites is 1. The van der Waals surface area contributed by atoms with Gasteiger partial charge in [0.1, 0.15) is 11.4 Å². The van der Waals surface area contributed by atoms with Crippen LogP contribution in [-0.2, 0) is 4.79 Å². The maximum absolute atomic E-state index is 11.4. The molecule has 0 aromatic heterocycles. The molecule has 4 rings (SSSR count). The van der Waals surface area contributed by atoms with Gasteiger partial charge in [-0.1, -0.05) is 18.2 Å². The lowest BCUT2D eigenvalue weighted by Gasteiger charge is -2.48. The number of amides is 1. The Morgan fingerprint density at radius 2 is 2.00 bits per heavy atom. The highest BCUT2D eigenvalue weighted by Crippen LogP contribution is 2.48. The molecule has 0 bridgehead atoms. The lowest BCUT2D eigenvalue weighted by atomic mass is 9.73. The minimum atomic E-state index is 0.0825. The Bertz CT molecular complexity index is 621. The normalized spacial score (nSPS) is 25.2. The molecule has 1 amide bonds. The second-order valence-electron chi connectivity index (χ2n) is 7.73. The highest BCUT2D eigenvalue weighted by atomic mass is 16.5. The van der Waals surface area contributed by atoms with Crippen LogP contribution >= 0.6 is 0 Å². The molecule has 136 valence electrons. The molecule has 3 aliphatic rings. The number of hydrogen-bond acceptors (Lipinski definition) is 4. The summed E-state index contributed by atoms with van der Waals surface area (Å²) in [4.78, 5) is 15.8. The van der Waals surface area contributed by atoms with Crippen molar-refractivity contribution in [3.63, 3.8) is 0 Å². The van der Waals surface area contributed by atoms with Gasteiger partial charge in [0.25, 0.3) is 0 Å². The van der Waals surface area contributed by atoms with Crippen molar-refractivity contribution >= 4 is 5.91 Å². The molecule has 1 saturated heterocycles. The molecule has 25 heavy (non-hydrogen) atoms. The van der Waals surface area contributed by atoms with Gasteiger partial charge in [0.15, 0.2) is 0 Å². The fraction of sp³-hybridized carbons (Fsp3) is 0.650. The van der Waals surface area contributed by atoms with Crippen molar-refractivity contribution in [2.24, 2.45) is 0 Å². The highest BCUT2D eigenvalue weighted by molar-refractivity contribution is 5.73. The molecular formula is C20H29N3O2. The molecule has 1 atom stereocenters. The monoisotopic (exact) mass is 343 g/mol. The van der Waals surface area contributed by atoms with E-state index >= 15 is 0 Å². The van der Waals surface area contributed by atoms with E-state index in [2.05, 4.69) is 34.5 Å². The second-order valence-corrected chi connectivity index (χ2v) is 7.73. The van der Waals surface area contributed by atoms with Crippen molar-refractivity contribution in [1.82, 2.24) is 15.1 Å². The Morgan fingerprint density at radius 1 is 1.24 bits per heavy atom. The molecule has 1 aliphatic carbocycles. The van der Waals surface area contributed by atoms with E-state index in [1.807, 2.05) is 4.90 Å². The van der Waals surface area contributed by atoms with E-state index in [1.165, 1.54) is 24.8 Å². The van der Waals surface area contributed by atoms with Crippen molar-refractivity contribution < 1.29 is 9.53 Å². The fourth-order valence-corrected chi connectivity index (χ4v) is 4.36. The van der Waals surface area contributed by atoms with Crippen LogP contribution in [-0.4, -0.2) is 60.6 Å². The zero-order valence-electron chi connectivity index (χ0n) is 15.2. The summed E-state index contributed by atoms with van der Waals surface area (Å²) in [5.41, 5.74) is 1.39. The Kier molecular flexibility index (Phi) is 4.69. The number of carbonyl (C=O) groups is 1. The van der Waals surface area contributed by atoms with Crippen molar-refractivity contribution in [2.45, 2.75) is 44.2 Å². The SMILES string of the molecule is CC(=O)N1CCN(CCN[C@@H]2CC3(CCC3)Oc3ccccc32)CC1. The molecule has 2 aliphatic heterocycles. The standard InChI is InChI=1S/C20H29N3O2/c1-16(24)23-13-11-22(12-14-23)10-9-21-18-15-20(7-4-8-20)25-19-6-3-2-5-17(18)19/h2-3,5-6,18,21H,4,7-15H2,1H3/t18-/m1/s1. The number of hydrogen-bond donors (Lipinski definition) is 1. The van der Waals surface area contributed by atoms with Crippen LogP contribution in [0.3, 0.4) is 0 Å². The lowest BCUT2D eigenvalue weighted by molar-refractivity contribution is -0.130. The Hall–Kier alpha value is -1.59. The minimum absolute atomic E-state index is 0.0825. The molecule has 0 unspecified atom stereocenters. The number of benzene rings is 1. The van der Waals surface area contributed by atoms with E-state index in [4.69, 9.17) is 4.74 Å². The average molecular weight is 343 g/mol. The first-order valence-corrected chi connectivity index (χ1v) is 9.64. The molecule has 1 saturated carbocycles. The number of piperazine rings is 1. The zero-order valence-corrected chi connectivity index (χ0v) is 15.2. The van der Waals surface area contributed by atoms with Gasteiger partial charge in [-0.2, -0.15) is 0 Å². The molecule has 2 heterocycles. The average Bonchev–Trinajstić information content (AvgIpc) is 2.60. The maximum atomic E-state index is 11.4. The second kappa shape index (κ2) is 6.96. The van der Waals surface area contributed by atoms with Gasteiger partial charge in [-0.25, -0.2) is 0 Å². The van der Waals surface area contributed by atoms with Gasteiger partial charge in [-0.15, -0.1) is 0 Å². The molecule has 1 N–H and O–H groups in total. The van der Waals surface area contributed by atoms with Crippen molar-refractivity contribution in [3.8, 4) is 5.75 Å². The Labute approximate surface area is 150 Å². The molecule has 1 spiro atoms. The summed E-state index contributed by atoms with van der Waals surface area (Å²) >= 11 is 0. The summed E-state index contributed by atoms with van der Waals surface area (Å²) in [6.45, 7) is 7.37. The lowest BCUT2D eigenvalue weighted by Crippen LogP contribution is -2.51. The van der Waals surface area contributed by atoms with E-state index in [9.17, 15) is 4.79 Å². The number of nitrogens with one attached hydrogen (secondary N) is 1. The molecule has 2 fully saturated rings. The van der Waals surface area contributed by atoms with E-state index in [-0.39, 0.29) is 11.5 Å². The number of nitrogens with zero attached hydrogens (tertiary/aromatic N) is 2. The molecular weight excluding hydrogens is 314 g/mol. The predicted octanol–water partition coefficient (Wildman–Crippen LogP) is 2.19. The summed E-state index contributed by atoms with van der Waals surface area (Å²) in [6, 6.07) is 8.89. The van der Waals surface area contributed by atoms with Crippen molar-refractivity contribution in [1.29, 1.82) is 0 Å². The van der Waals surface area contributed by atoms with E-state index in [1.54, 1.807) is 6.92 Å². The summed E-state index contributed by atoms with van der Waals surface area (Å²) < 4.78 is 6.33. The van der Waals surface area contributed by atoms with Gasteiger partial charge < -0.3 is 15.0 Å². The van der Waals surface area contributed by atoms with Crippen LogP contribution in [0.1, 0.15) is 44.2 Å². The quantitative estimate of drug-likeness (QED) is 0.910. The first-order chi connectivity index (χ1) is 12.2. The van der Waals surface area contributed by atoms with E-state index in [0.717, 1.165) is 51.4 Å². The van der Waals surface area contributed by atoms with Crippen LogP contribution < -0.4 is 10.1 Å². The molecule has 1 aromatic carbocycles. The van der Waals surface area contributed by atoms with Crippen LogP contribution in [0.5, 0.6) is 5.75 Å². The fourth-order valence-electron chi connectivity index (χ4n) is 4.36. The third-order valence-electron chi connectivity index (χ3n) is 6.10. The largest absolute Gasteiger partial charge is 0.487 e. The van der Waals surface area contributed by atoms with Gasteiger partial charge in [0.2, 0.25) is 5.91 Å². The van der Waals surface area contributed by atoms with Crippen LogP contribution in [0.25, 0.3) is 0 Å². The third-order valence-corrected chi connectivity index (χ3v) is 6.10. The number of fused-ring (bicyclic) bond motifs is 1. The van der Waals surface area contributed by atoms with Gasteiger partial charge >= 0.3 is 0 Å². The Morgan fingerprint density at radius 3 is 2.68 bits per heavy atom. The summed E-state index contributed by atoms with van der Waals surface area (Å²) in [5, 5.41) is 3.78. The van der Waals surface area contributed by atoms with E-state index in [0.29, 0.717) is 6.04 Å². The first kappa shape index (κ1) is 16.9. The maximum Gasteiger partial charge on any atom is 0.219 e. The van der Waals surface area contributed by atoms with Gasteiger partial charge in [0, 0.05) is 64.2 Å². The minimum Gasteiger partial charge on any atom is -0.487 e. The van der Waals surface area contributed by atoms with Crippen LogP contribution in [0, 0.1) is 0 Å². The van der Waals surface area contributed by atoms with Gasteiger partial charge in [-0.3, -0.25) is 9.69 Å². The topological polar surface area (TPSA) is 44.8 Å². The molecule has 5 nitrogen and oxygen atoms in total. The van der Waals surface area contributed by atoms with Gasteiger partial charge in [-0.05, 0) is 25.3 Å². The smallest absolute Gasteiger partial charge is 0.219 e.